The largest absolute Gasteiger partial charge is 0.388 e. The van der Waals surface area contributed by atoms with Crippen LogP contribution in [-0.2, 0) is 0 Å². The minimum absolute atomic E-state index is 0.134. The van der Waals surface area contributed by atoms with Crippen LogP contribution in [0.5, 0.6) is 0 Å². The van der Waals surface area contributed by atoms with Gasteiger partial charge in [-0.25, -0.2) is 0 Å². The second kappa shape index (κ2) is 5.26. The minimum Gasteiger partial charge on any atom is -0.388 e. The fraction of sp³-hybridized carbons (Fsp3) is 0.647. The average Bonchev–Trinajstić information content (AvgIpc) is 2.40. The first kappa shape index (κ1) is 14.5. The van der Waals surface area contributed by atoms with Crippen molar-refractivity contribution in [2.24, 2.45) is 16.6 Å². The summed E-state index contributed by atoms with van der Waals surface area (Å²) >= 11 is 0. The lowest BCUT2D eigenvalue weighted by Crippen LogP contribution is -2.41. The van der Waals surface area contributed by atoms with Crippen molar-refractivity contribution >= 4 is 0 Å². The molecule has 0 amide bonds. The lowest BCUT2D eigenvalue weighted by molar-refractivity contribution is -0.0235. The molecule has 1 aromatic carbocycles. The molecule has 1 fully saturated rings. The number of hydrogen-bond acceptors (Lipinski definition) is 2. The van der Waals surface area contributed by atoms with Gasteiger partial charge in [-0.1, -0.05) is 43.7 Å². The van der Waals surface area contributed by atoms with Crippen LogP contribution in [0.4, 0.5) is 0 Å². The van der Waals surface area contributed by atoms with Crippen LogP contribution >= 0.6 is 0 Å². The molecule has 1 aliphatic rings. The van der Waals surface area contributed by atoms with Gasteiger partial charge < -0.3 is 10.8 Å². The summed E-state index contributed by atoms with van der Waals surface area (Å²) in [5, 5.41) is 10.8. The Kier molecular flexibility index (Phi) is 4.03. The topological polar surface area (TPSA) is 46.2 Å². The average molecular weight is 261 g/mol. The Hall–Kier alpha value is -0.860. The first-order chi connectivity index (χ1) is 8.88. The Balaban J connectivity index is 2.19. The van der Waals surface area contributed by atoms with Crippen molar-refractivity contribution in [1.82, 2.24) is 0 Å². The van der Waals surface area contributed by atoms with Crippen LogP contribution in [0.1, 0.15) is 56.8 Å². The summed E-state index contributed by atoms with van der Waals surface area (Å²) in [5.74, 6) is 0. The molecule has 0 radical (unpaired) electrons. The minimum atomic E-state index is -0.436. The Morgan fingerprint density at radius 1 is 1.11 bits per heavy atom. The van der Waals surface area contributed by atoms with Gasteiger partial charge in [0, 0.05) is 12.0 Å². The molecule has 2 nitrogen and oxygen atoms in total. The highest BCUT2D eigenvalue weighted by Gasteiger charge is 2.42. The van der Waals surface area contributed by atoms with E-state index in [1.165, 1.54) is 5.56 Å². The van der Waals surface area contributed by atoms with Crippen LogP contribution < -0.4 is 5.73 Å². The van der Waals surface area contributed by atoms with E-state index < -0.39 is 6.10 Å². The second-order valence-electron chi connectivity index (χ2n) is 7.04. The van der Waals surface area contributed by atoms with Crippen molar-refractivity contribution in [3.05, 3.63) is 35.4 Å². The third kappa shape index (κ3) is 3.01. The molecule has 0 aromatic heterocycles. The fourth-order valence-corrected chi connectivity index (χ4v) is 3.12. The summed E-state index contributed by atoms with van der Waals surface area (Å²) in [6.45, 7) is 7.26. The van der Waals surface area contributed by atoms with E-state index in [0.717, 1.165) is 31.2 Å². The smallest absolute Gasteiger partial charge is 0.0858 e. The van der Waals surface area contributed by atoms with Crippen molar-refractivity contribution in [3.8, 4) is 0 Å². The SMILES string of the molecule is Cc1ccc(C(O)C2(CN)CCC(C)(C)CC2)cc1. The zero-order valence-corrected chi connectivity index (χ0v) is 12.4. The van der Waals surface area contributed by atoms with Crippen LogP contribution in [-0.4, -0.2) is 11.7 Å². The van der Waals surface area contributed by atoms with E-state index in [2.05, 4.69) is 32.9 Å². The maximum Gasteiger partial charge on any atom is 0.0858 e. The highest BCUT2D eigenvalue weighted by molar-refractivity contribution is 5.25. The summed E-state index contributed by atoms with van der Waals surface area (Å²) < 4.78 is 0. The van der Waals surface area contributed by atoms with E-state index in [1.54, 1.807) is 0 Å². The molecule has 0 spiro atoms. The van der Waals surface area contributed by atoms with E-state index >= 15 is 0 Å². The molecule has 1 saturated carbocycles. The second-order valence-corrected chi connectivity index (χ2v) is 7.04. The Bertz CT molecular complexity index is 411. The van der Waals surface area contributed by atoms with E-state index in [-0.39, 0.29) is 5.41 Å². The molecule has 2 rings (SSSR count). The van der Waals surface area contributed by atoms with Crippen LogP contribution in [0.3, 0.4) is 0 Å². The van der Waals surface area contributed by atoms with Gasteiger partial charge in [-0.2, -0.15) is 0 Å². The molecule has 19 heavy (non-hydrogen) atoms. The van der Waals surface area contributed by atoms with Gasteiger partial charge in [0.15, 0.2) is 0 Å². The van der Waals surface area contributed by atoms with Gasteiger partial charge in [-0.15, -0.1) is 0 Å². The first-order valence-corrected chi connectivity index (χ1v) is 7.33. The van der Waals surface area contributed by atoms with Gasteiger partial charge in [-0.05, 0) is 43.6 Å². The number of nitrogens with two attached hydrogens (primary N) is 1. The van der Waals surface area contributed by atoms with E-state index in [4.69, 9.17) is 5.73 Å². The van der Waals surface area contributed by atoms with Gasteiger partial charge in [-0.3, -0.25) is 0 Å². The number of aryl methyl sites for hydroxylation is 1. The predicted octanol–water partition coefficient (Wildman–Crippen LogP) is 3.57. The van der Waals surface area contributed by atoms with Crippen LogP contribution in [0.2, 0.25) is 0 Å². The predicted molar refractivity (Wildman–Crippen MR) is 79.9 cm³/mol. The highest BCUT2D eigenvalue weighted by atomic mass is 16.3. The van der Waals surface area contributed by atoms with Crippen molar-refractivity contribution in [2.75, 3.05) is 6.54 Å². The molecule has 106 valence electrons. The molecule has 0 bridgehead atoms. The molecule has 1 aromatic rings. The molecule has 0 aliphatic heterocycles. The van der Waals surface area contributed by atoms with Gasteiger partial charge in [0.2, 0.25) is 0 Å². The van der Waals surface area contributed by atoms with Gasteiger partial charge in [0.1, 0.15) is 0 Å². The normalized spacial score (nSPS) is 23.0. The lowest BCUT2D eigenvalue weighted by atomic mass is 9.62. The maximum absolute atomic E-state index is 10.8. The number of benzene rings is 1. The first-order valence-electron chi connectivity index (χ1n) is 7.33. The summed E-state index contributed by atoms with van der Waals surface area (Å²) in [4.78, 5) is 0. The van der Waals surface area contributed by atoms with E-state index in [1.807, 2.05) is 12.1 Å². The standard InChI is InChI=1S/C17H27NO/c1-13-4-6-14(7-5-13)15(19)17(12-18)10-8-16(2,3)9-11-17/h4-7,15,19H,8-12,18H2,1-3H3. The number of aliphatic hydroxyl groups is 1. The Morgan fingerprint density at radius 2 is 1.63 bits per heavy atom. The quantitative estimate of drug-likeness (QED) is 0.873. The molecule has 1 aliphatic carbocycles. The number of rotatable bonds is 3. The van der Waals surface area contributed by atoms with Gasteiger partial charge >= 0.3 is 0 Å². The molecule has 0 saturated heterocycles. The monoisotopic (exact) mass is 261 g/mol. The third-order valence-electron chi connectivity index (χ3n) is 4.98. The van der Waals surface area contributed by atoms with Gasteiger partial charge in [0.25, 0.3) is 0 Å². The maximum atomic E-state index is 10.8. The lowest BCUT2D eigenvalue weighted by Gasteiger charge is -2.45. The summed E-state index contributed by atoms with van der Waals surface area (Å²) in [7, 11) is 0. The molecular weight excluding hydrogens is 234 g/mol. The molecule has 3 N–H and O–H groups in total. The zero-order chi connectivity index (χ0) is 14.1. The van der Waals surface area contributed by atoms with Crippen molar-refractivity contribution in [3.63, 3.8) is 0 Å². The Morgan fingerprint density at radius 3 is 2.11 bits per heavy atom. The number of hydrogen-bond donors (Lipinski definition) is 2. The Labute approximate surface area is 117 Å². The van der Waals surface area contributed by atoms with Crippen LogP contribution in [0.15, 0.2) is 24.3 Å². The third-order valence-corrected chi connectivity index (χ3v) is 4.98. The fourth-order valence-electron chi connectivity index (χ4n) is 3.12. The molecular formula is C17H27NO. The number of aliphatic hydroxyl groups excluding tert-OH is 1. The van der Waals surface area contributed by atoms with E-state index in [0.29, 0.717) is 12.0 Å². The van der Waals surface area contributed by atoms with Crippen molar-refractivity contribution in [1.29, 1.82) is 0 Å². The van der Waals surface area contributed by atoms with Crippen LogP contribution in [0, 0.1) is 17.8 Å². The molecule has 1 unspecified atom stereocenters. The highest BCUT2D eigenvalue weighted by Crippen LogP contribution is 2.50. The summed E-state index contributed by atoms with van der Waals surface area (Å²) in [5.41, 5.74) is 8.53. The summed E-state index contributed by atoms with van der Waals surface area (Å²) in [6.07, 6.45) is 3.89. The zero-order valence-electron chi connectivity index (χ0n) is 12.4. The van der Waals surface area contributed by atoms with E-state index in [9.17, 15) is 5.11 Å². The molecule has 0 heterocycles. The van der Waals surface area contributed by atoms with Crippen molar-refractivity contribution in [2.45, 2.75) is 52.6 Å². The summed E-state index contributed by atoms with van der Waals surface area (Å²) in [6, 6.07) is 8.21. The molecule has 1 atom stereocenters. The van der Waals surface area contributed by atoms with Crippen molar-refractivity contribution < 1.29 is 5.11 Å². The van der Waals surface area contributed by atoms with Crippen LogP contribution in [0.25, 0.3) is 0 Å². The molecule has 2 heteroatoms. The van der Waals surface area contributed by atoms with Gasteiger partial charge in [0.05, 0.1) is 6.10 Å².